The van der Waals surface area contributed by atoms with E-state index in [9.17, 15) is 9.59 Å². The Morgan fingerprint density at radius 3 is 2.48 bits per heavy atom. The molecular formula is C17H16ClNO4. The molecule has 0 aromatic heterocycles. The highest BCUT2D eigenvalue weighted by Crippen LogP contribution is 2.21. The Bertz CT molecular complexity index is 713. The van der Waals surface area contributed by atoms with Crippen molar-refractivity contribution in [1.29, 1.82) is 0 Å². The minimum absolute atomic E-state index is 0.0484. The predicted octanol–water partition coefficient (Wildman–Crippen LogP) is 3.29. The van der Waals surface area contributed by atoms with Crippen LogP contribution in [0.25, 0.3) is 0 Å². The molecule has 2 aromatic carbocycles. The lowest BCUT2D eigenvalue weighted by Crippen LogP contribution is -2.20. The zero-order chi connectivity index (χ0) is 16.8. The zero-order valence-corrected chi connectivity index (χ0v) is 13.3. The van der Waals surface area contributed by atoms with Gasteiger partial charge in [-0.3, -0.25) is 9.59 Å². The molecule has 2 N–H and O–H groups in total. The summed E-state index contributed by atoms with van der Waals surface area (Å²) in [6.07, 6.45) is -0.0484. The smallest absolute Gasteiger partial charge is 0.307 e. The van der Waals surface area contributed by atoms with Gasteiger partial charge in [0.2, 0.25) is 0 Å². The van der Waals surface area contributed by atoms with Gasteiger partial charge >= 0.3 is 5.97 Å². The van der Waals surface area contributed by atoms with E-state index in [-0.39, 0.29) is 18.9 Å². The molecule has 0 atom stereocenters. The van der Waals surface area contributed by atoms with Crippen LogP contribution in [0, 0.1) is 6.92 Å². The third kappa shape index (κ3) is 5.30. The van der Waals surface area contributed by atoms with E-state index in [2.05, 4.69) is 5.32 Å². The van der Waals surface area contributed by atoms with E-state index in [0.717, 1.165) is 5.56 Å². The fourth-order valence-electron chi connectivity index (χ4n) is 2.00. The first-order chi connectivity index (χ1) is 10.9. The SMILES string of the molecule is Cc1cc(Cl)ccc1OCC(=O)Nc1ccc(CC(=O)O)cc1. The summed E-state index contributed by atoms with van der Waals surface area (Å²) in [4.78, 5) is 22.5. The molecule has 23 heavy (non-hydrogen) atoms. The normalized spacial score (nSPS) is 10.2. The molecule has 0 saturated heterocycles. The van der Waals surface area contributed by atoms with Crippen LogP contribution < -0.4 is 10.1 Å². The van der Waals surface area contributed by atoms with Crippen LogP contribution in [0.3, 0.4) is 0 Å². The lowest BCUT2D eigenvalue weighted by molar-refractivity contribution is -0.136. The van der Waals surface area contributed by atoms with E-state index >= 15 is 0 Å². The standard InChI is InChI=1S/C17H16ClNO4/c1-11-8-13(18)4-7-15(11)23-10-16(20)19-14-5-2-12(3-6-14)9-17(21)22/h2-8H,9-10H2,1H3,(H,19,20)(H,21,22). The summed E-state index contributed by atoms with van der Waals surface area (Å²) in [6.45, 7) is 1.72. The van der Waals surface area contributed by atoms with Crippen LogP contribution in [-0.4, -0.2) is 23.6 Å². The van der Waals surface area contributed by atoms with Gasteiger partial charge in [0.05, 0.1) is 6.42 Å². The molecule has 120 valence electrons. The maximum atomic E-state index is 11.9. The van der Waals surface area contributed by atoms with E-state index in [1.165, 1.54) is 0 Å². The fraction of sp³-hybridized carbons (Fsp3) is 0.176. The highest BCUT2D eigenvalue weighted by atomic mass is 35.5. The lowest BCUT2D eigenvalue weighted by atomic mass is 10.1. The molecule has 0 radical (unpaired) electrons. The number of rotatable bonds is 6. The molecule has 5 nitrogen and oxygen atoms in total. The number of ether oxygens (including phenoxy) is 1. The number of aliphatic carboxylic acids is 1. The molecule has 0 aliphatic carbocycles. The first kappa shape index (κ1) is 16.8. The molecule has 2 rings (SSSR count). The molecule has 0 heterocycles. The number of amides is 1. The number of carboxylic acid groups (broad SMARTS) is 1. The fourth-order valence-corrected chi connectivity index (χ4v) is 2.22. The maximum absolute atomic E-state index is 11.9. The Kier molecular flexibility index (Phi) is 5.60. The molecule has 0 unspecified atom stereocenters. The Labute approximate surface area is 138 Å². The van der Waals surface area contributed by atoms with Crippen molar-refractivity contribution in [2.45, 2.75) is 13.3 Å². The van der Waals surface area contributed by atoms with Gasteiger partial charge in [-0.2, -0.15) is 0 Å². The van der Waals surface area contributed by atoms with Crippen molar-refractivity contribution in [3.8, 4) is 5.75 Å². The van der Waals surface area contributed by atoms with Crippen LogP contribution in [0.2, 0.25) is 5.02 Å². The largest absolute Gasteiger partial charge is 0.483 e. The number of hydrogen-bond donors (Lipinski definition) is 2. The minimum Gasteiger partial charge on any atom is -0.483 e. The van der Waals surface area contributed by atoms with Crippen molar-refractivity contribution in [2.24, 2.45) is 0 Å². The monoisotopic (exact) mass is 333 g/mol. The second-order valence-electron chi connectivity index (χ2n) is 5.01. The Morgan fingerprint density at radius 2 is 1.87 bits per heavy atom. The number of carboxylic acids is 1. The topological polar surface area (TPSA) is 75.6 Å². The number of carbonyl (C=O) groups is 2. The second kappa shape index (κ2) is 7.65. The van der Waals surface area contributed by atoms with Gasteiger partial charge in [0.1, 0.15) is 5.75 Å². The van der Waals surface area contributed by atoms with Gasteiger partial charge in [-0.05, 0) is 48.4 Å². The number of halogens is 1. The van der Waals surface area contributed by atoms with Crippen molar-refractivity contribution >= 4 is 29.2 Å². The van der Waals surface area contributed by atoms with E-state index in [4.69, 9.17) is 21.4 Å². The highest BCUT2D eigenvalue weighted by Gasteiger charge is 2.07. The summed E-state index contributed by atoms with van der Waals surface area (Å²) in [5.74, 6) is -0.597. The Balaban J connectivity index is 1.88. The summed E-state index contributed by atoms with van der Waals surface area (Å²) in [6, 6.07) is 11.8. The molecule has 1 amide bonds. The van der Waals surface area contributed by atoms with Crippen LogP contribution in [0.15, 0.2) is 42.5 Å². The van der Waals surface area contributed by atoms with Gasteiger partial charge < -0.3 is 15.2 Å². The average molecular weight is 334 g/mol. The van der Waals surface area contributed by atoms with E-state index < -0.39 is 5.97 Å². The summed E-state index contributed by atoms with van der Waals surface area (Å²) in [7, 11) is 0. The molecule has 0 spiro atoms. The molecule has 0 bridgehead atoms. The van der Waals surface area contributed by atoms with E-state index in [1.807, 2.05) is 6.92 Å². The molecule has 0 aliphatic heterocycles. The lowest BCUT2D eigenvalue weighted by Gasteiger charge is -2.10. The van der Waals surface area contributed by atoms with Crippen molar-refractivity contribution < 1.29 is 19.4 Å². The van der Waals surface area contributed by atoms with E-state index in [0.29, 0.717) is 22.0 Å². The van der Waals surface area contributed by atoms with Crippen LogP contribution in [0.5, 0.6) is 5.75 Å². The predicted molar refractivity (Wildman–Crippen MR) is 88.1 cm³/mol. The van der Waals surface area contributed by atoms with Gasteiger partial charge in [0.15, 0.2) is 6.61 Å². The first-order valence-corrected chi connectivity index (χ1v) is 7.31. The number of aryl methyl sites for hydroxylation is 1. The molecule has 2 aromatic rings. The highest BCUT2D eigenvalue weighted by molar-refractivity contribution is 6.30. The molecule has 0 saturated carbocycles. The van der Waals surface area contributed by atoms with Crippen molar-refractivity contribution in [3.63, 3.8) is 0 Å². The summed E-state index contributed by atoms with van der Waals surface area (Å²) in [5, 5.41) is 12.0. The summed E-state index contributed by atoms with van der Waals surface area (Å²) >= 11 is 5.86. The van der Waals surface area contributed by atoms with Crippen LogP contribution in [-0.2, 0) is 16.0 Å². The number of carbonyl (C=O) groups excluding carboxylic acids is 1. The number of hydrogen-bond acceptors (Lipinski definition) is 3. The van der Waals surface area contributed by atoms with Gasteiger partial charge in [0.25, 0.3) is 5.91 Å². The van der Waals surface area contributed by atoms with E-state index in [1.54, 1.807) is 42.5 Å². The van der Waals surface area contributed by atoms with Gasteiger partial charge in [-0.15, -0.1) is 0 Å². The van der Waals surface area contributed by atoms with Crippen molar-refractivity contribution in [1.82, 2.24) is 0 Å². The minimum atomic E-state index is -0.895. The van der Waals surface area contributed by atoms with Crippen molar-refractivity contribution in [2.75, 3.05) is 11.9 Å². The first-order valence-electron chi connectivity index (χ1n) is 6.93. The number of nitrogens with one attached hydrogen (secondary N) is 1. The number of anilines is 1. The van der Waals surface area contributed by atoms with Crippen molar-refractivity contribution in [3.05, 3.63) is 58.6 Å². The maximum Gasteiger partial charge on any atom is 0.307 e. The molecule has 6 heteroatoms. The van der Waals surface area contributed by atoms with Crippen LogP contribution >= 0.6 is 11.6 Å². The van der Waals surface area contributed by atoms with Gasteiger partial charge in [-0.1, -0.05) is 23.7 Å². The zero-order valence-electron chi connectivity index (χ0n) is 12.5. The Morgan fingerprint density at radius 1 is 1.17 bits per heavy atom. The molecular weight excluding hydrogens is 318 g/mol. The quantitative estimate of drug-likeness (QED) is 0.850. The summed E-state index contributed by atoms with van der Waals surface area (Å²) < 4.78 is 5.45. The molecule has 0 fully saturated rings. The third-order valence-corrected chi connectivity index (χ3v) is 3.32. The van der Waals surface area contributed by atoms with Crippen LogP contribution in [0.1, 0.15) is 11.1 Å². The molecule has 0 aliphatic rings. The van der Waals surface area contributed by atoms with Gasteiger partial charge in [0, 0.05) is 10.7 Å². The van der Waals surface area contributed by atoms with Gasteiger partial charge in [-0.25, -0.2) is 0 Å². The average Bonchev–Trinajstić information content (AvgIpc) is 2.48. The Hall–Kier alpha value is -2.53. The second-order valence-corrected chi connectivity index (χ2v) is 5.45. The number of benzene rings is 2. The van der Waals surface area contributed by atoms with Crippen LogP contribution in [0.4, 0.5) is 5.69 Å². The summed E-state index contributed by atoms with van der Waals surface area (Å²) in [5.41, 5.74) is 2.10. The third-order valence-electron chi connectivity index (χ3n) is 3.09.